The van der Waals surface area contributed by atoms with Crippen molar-refractivity contribution in [1.29, 1.82) is 0 Å². The van der Waals surface area contributed by atoms with E-state index < -0.39 is 18.1 Å². The largest absolute Gasteiger partial charge is 0.490 e. The highest BCUT2D eigenvalue weighted by molar-refractivity contribution is 5.93. The van der Waals surface area contributed by atoms with Crippen LogP contribution in [0.15, 0.2) is 54.6 Å². The Balaban J connectivity index is 0.000000295. The lowest BCUT2D eigenvalue weighted by molar-refractivity contribution is -0.192. The van der Waals surface area contributed by atoms with Crippen LogP contribution in [0.3, 0.4) is 0 Å². The van der Waals surface area contributed by atoms with Gasteiger partial charge in [-0.1, -0.05) is 42.5 Å². The molecule has 0 heterocycles. The number of alkyl halides is 3. The highest BCUT2D eigenvalue weighted by atomic mass is 19.4. The molecule has 0 aliphatic heterocycles. The number of carboxylic acids is 1. The van der Waals surface area contributed by atoms with Gasteiger partial charge in [-0.2, -0.15) is 13.2 Å². The summed E-state index contributed by atoms with van der Waals surface area (Å²) in [6.07, 6.45) is -5.08. The van der Waals surface area contributed by atoms with Crippen LogP contribution in [0, 0.1) is 0 Å². The summed E-state index contributed by atoms with van der Waals surface area (Å²) in [6.45, 7) is 0. The molecular formula is C15H12F3NO3. The maximum Gasteiger partial charge on any atom is 0.490 e. The molecule has 7 heteroatoms. The van der Waals surface area contributed by atoms with Gasteiger partial charge in [0, 0.05) is 5.56 Å². The smallest absolute Gasteiger partial charge is 0.475 e. The lowest BCUT2D eigenvalue weighted by Crippen LogP contribution is -2.21. The Bertz CT molecular complexity index is 637. The highest BCUT2D eigenvalue weighted by Gasteiger charge is 2.38. The van der Waals surface area contributed by atoms with Crippen molar-refractivity contribution in [3.63, 3.8) is 0 Å². The fourth-order valence-corrected chi connectivity index (χ4v) is 1.46. The molecule has 0 spiro atoms. The highest BCUT2D eigenvalue weighted by Crippen LogP contribution is 2.18. The number of halogens is 3. The Morgan fingerprint density at radius 1 is 0.864 bits per heavy atom. The van der Waals surface area contributed by atoms with Crippen LogP contribution in [0.1, 0.15) is 10.4 Å². The maximum atomic E-state index is 10.9. The van der Waals surface area contributed by atoms with E-state index in [4.69, 9.17) is 15.6 Å². The van der Waals surface area contributed by atoms with E-state index in [1.165, 1.54) is 0 Å². The third-order valence-corrected chi connectivity index (χ3v) is 2.52. The SMILES string of the molecule is NC(=O)c1ccc(-c2ccccc2)cc1.O=C(O)C(F)(F)F. The molecule has 2 aromatic rings. The Morgan fingerprint density at radius 3 is 1.64 bits per heavy atom. The topological polar surface area (TPSA) is 80.4 Å². The third-order valence-electron chi connectivity index (χ3n) is 2.52. The molecule has 0 unspecified atom stereocenters. The quantitative estimate of drug-likeness (QED) is 0.894. The van der Waals surface area contributed by atoms with E-state index in [1.807, 2.05) is 42.5 Å². The standard InChI is InChI=1S/C13H11NO.C2HF3O2/c14-13(15)12-8-6-11(7-9-12)10-4-2-1-3-5-10;3-2(4,5)1(6)7/h1-9H,(H2,14,15);(H,6,7). The number of amides is 1. The van der Waals surface area contributed by atoms with E-state index in [0.29, 0.717) is 5.56 Å². The first kappa shape index (κ1) is 17.2. The van der Waals surface area contributed by atoms with Crippen LogP contribution >= 0.6 is 0 Å². The second-order valence-corrected chi connectivity index (χ2v) is 4.11. The molecule has 0 aliphatic rings. The van der Waals surface area contributed by atoms with E-state index in [2.05, 4.69) is 0 Å². The molecule has 0 saturated heterocycles. The molecule has 0 atom stereocenters. The molecule has 2 aromatic carbocycles. The predicted molar refractivity (Wildman–Crippen MR) is 74.1 cm³/mol. The first-order valence-electron chi connectivity index (χ1n) is 5.97. The molecule has 0 bridgehead atoms. The minimum atomic E-state index is -5.08. The van der Waals surface area contributed by atoms with Crippen LogP contribution in [-0.2, 0) is 4.79 Å². The molecule has 3 N–H and O–H groups in total. The molecule has 116 valence electrons. The van der Waals surface area contributed by atoms with Crippen molar-refractivity contribution < 1.29 is 27.9 Å². The normalized spacial score (nSPS) is 10.3. The minimum Gasteiger partial charge on any atom is -0.475 e. The maximum absolute atomic E-state index is 10.9. The molecule has 4 nitrogen and oxygen atoms in total. The van der Waals surface area contributed by atoms with Gasteiger partial charge < -0.3 is 10.8 Å². The number of aliphatic carboxylic acids is 1. The van der Waals surface area contributed by atoms with Crippen LogP contribution in [0.2, 0.25) is 0 Å². The molecule has 0 saturated carbocycles. The average molecular weight is 311 g/mol. The van der Waals surface area contributed by atoms with E-state index in [-0.39, 0.29) is 0 Å². The molecule has 22 heavy (non-hydrogen) atoms. The van der Waals surface area contributed by atoms with Gasteiger partial charge in [0.05, 0.1) is 0 Å². The molecular weight excluding hydrogens is 299 g/mol. The summed E-state index contributed by atoms with van der Waals surface area (Å²) < 4.78 is 31.7. The van der Waals surface area contributed by atoms with Gasteiger partial charge in [0.25, 0.3) is 0 Å². The predicted octanol–water partition coefficient (Wildman–Crippen LogP) is 3.09. The van der Waals surface area contributed by atoms with Crippen molar-refractivity contribution in [2.45, 2.75) is 6.18 Å². The van der Waals surface area contributed by atoms with Gasteiger partial charge in [-0.15, -0.1) is 0 Å². The number of benzene rings is 2. The Kier molecular flexibility index (Phi) is 5.68. The van der Waals surface area contributed by atoms with E-state index in [1.54, 1.807) is 12.1 Å². The Hall–Kier alpha value is -2.83. The van der Waals surface area contributed by atoms with E-state index in [9.17, 15) is 18.0 Å². The van der Waals surface area contributed by atoms with Crippen molar-refractivity contribution in [2.24, 2.45) is 5.73 Å². The van der Waals surface area contributed by atoms with Crippen molar-refractivity contribution in [1.82, 2.24) is 0 Å². The van der Waals surface area contributed by atoms with E-state index >= 15 is 0 Å². The number of carbonyl (C=O) groups excluding carboxylic acids is 1. The molecule has 0 radical (unpaired) electrons. The number of hydrogen-bond donors (Lipinski definition) is 2. The number of rotatable bonds is 2. The van der Waals surface area contributed by atoms with Gasteiger partial charge >= 0.3 is 12.1 Å². The van der Waals surface area contributed by atoms with Crippen molar-refractivity contribution in [3.05, 3.63) is 60.2 Å². The molecule has 2 rings (SSSR count). The van der Waals surface area contributed by atoms with Gasteiger partial charge in [0.1, 0.15) is 0 Å². The molecule has 0 aliphatic carbocycles. The zero-order valence-electron chi connectivity index (χ0n) is 11.2. The lowest BCUT2D eigenvalue weighted by Gasteiger charge is -2.01. The van der Waals surface area contributed by atoms with Crippen LogP contribution in [-0.4, -0.2) is 23.2 Å². The van der Waals surface area contributed by atoms with Crippen LogP contribution in [0.25, 0.3) is 11.1 Å². The second-order valence-electron chi connectivity index (χ2n) is 4.11. The number of hydrogen-bond acceptors (Lipinski definition) is 2. The Morgan fingerprint density at radius 2 is 1.27 bits per heavy atom. The molecule has 0 aromatic heterocycles. The molecule has 0 fully saturated rings. The zero-order chi connectivity index (χ0) is 16.8. The van der Waals surface area contributed by atoms with Gasteiger partial charge in [0.15, 0.2) is 0 Å². The fraction of sp³-hybridized carbons (Fsp3) is 0.0667. The number of carbonyl (C=O) groups is 2. The number of primary amides is 1. The van der Waals surface area contributed by atoms with Crippen LogP contribution in [0.5, 0.6) is 0 Å². The summed E-state index contributed by atoms with van der Waals surface area (Å²) in [6, 6.07) is 17.3. The molecule has 1 amide bonds. The Labute approximate surface area is 124 Å². The van der Waals surface area contributed by atoms with Crippen LogP contribution < -0.4 is 5.73 Å². The first-order chi connectivity index (χ1) is 10.2. The second kappa shape index (κ2) is 7.26. The lowest BCUT2D eigenvalue weighted by atomic mass is 10.0. The summed E-state index contributed by atoms with van der Waals surface area (Å²) in [5.41, 5.74) is 7.92. The summed E-state index contributed by atoms with van der Waals surface area (Å²) in [5, 5.41) is 7.12. The van der Waals surface area contributed by atoms with Crippen molar-refractivity contribution >= 4 is 11.9 Å². The minimum absolute atomic E-state index is 0.394. The van der Waals surface area contributed by atoms with Gasteiger partial charge in [-0.3, -0.25) is 4.79 Å². The number of carboxylic acid groups (broad SMARTS) is 1. The number of nitrogens with two attached hydrogens (primary N) is 1. The fourth-order valence-electron chi connectivity index (χ4n) is 1.46. The summed E-state index contributed by atoms with van der Waals surface area (Å²) in [7, 11) is 0. The summed E-state index contributed by atoms with van der Waals surface area (Å²) in [5.74, 6) is -3.15. The van der Waals surface area contributed by atoms with E-state index in [0.717, 1.165) is 11.1 Å². The van der Waals surface area contributed by atoms with Crippen molar-refractivity contribution in [2.75, 3.05) is 0 Å². The van der Waals surface area contributed by atoms with Gasteiger partial charge in [-0.25, -0.2) is 4.79 Å². The first-order valence-corrected chi connectivity index (χ1v) is 5.97. The van der Waals surface area contributed by atoms with Crippen LogP contribution in [0.4, 0.5) is 13.2 Å². The van der Waals surface area contributed by atoms with Gasteiger partial charge in [0.2, 0.25) is 5.91 Å². The third kappa shape index (κ3) is 5.28. The zero-order valence-corrected chi connectivity index (χ0v) is 11.2. The van der Waals surface area contributed by atoms with Gasteiger partial charge in [-0.05, 0) is 23.3 Å². The monoisotopic (exact) mass is 311 g/mol. The van der Waals surface area contributed by atoms with Crippen molar-refractivity contribution in [3.8, 4) is 11.1 Å². The summed E-state index contributed by atoms with van der Waals surface area (Å²) >= 11 is 0. The average Bonchev–Trinajstić information content (AvgIpc) is 2.48. The summed E-state index contributed by atoms with van der Waals surface area (Å²) in [4.78, 5) is 19.8.